The van der Waals surface area contributed by atoms with Gasteiger partial charge in [0.1, 0.15) is 12.4 Å². The van der Waals surface area contributed by atoms with Crippen LogP contribution in [0.3, 0.4) is 0 Å². The van der Waals surface area contributed by atoms with Crippen LogP contribution in [0.2, 0.25) is 0 Å². The highest BCUT2D eigenvalue weighted by Crippen LogP contribution is 2.16. The molecule has 0 radical (unpaired) electrons. The molecule has 7 nitrogen and oxygen atoms in total. The number of pyridine rings is 1. The van der Waals surface area contributed by atoms with Crippen LogP contribution in [0.4, 0.5) is 0 Å². The van der Waals surface area contributed by atoms with Gasteiger partial charge in [0.15, 0.2) is 5.82 Å². The van der Waals surface area contributed by atoms with Gasteiger partial charge in [-0.05, 0) is 18.6 Å². The first-order valence-electron chi connectivity index (χ1n) is 8.51. The number of amides is 1. The van der Waals surface area contributed by atoms with Crippen molar-refractivity contribution in [1.29, 1.82) is 0 Å². The lowest BCUT2D eigenvalue weighted by Crippen LogP contribution is -2.38. The average molecular weight is 349 g/mol. The lowest BCUT2D eigenvalue weighted by atomic mass is 10.2. The smallest absolute Gasteiger partial charge is 0.255 e. The summed E-state index contributed by atoms with van der Waals surface area (Å²) in [6.07, 6.45) is 1.56. The van der Waals surface area contributed by atoms with Gasteiger partial charge < -0.3 is 14.2 Å². The molecular formula is C19H19N5O2. The van der Waals surface area contributed by atoms with Crippen LogP contribution in [0, 0.1) is 6.92 Å². The van der Waals surface area contributed by atoms with Crippen LogP contribution in [0.15, 0.2) is 48.7 Å². The maximum absolute atomic E-state index is 12.7. The van der Waals surface area contributed by atoms with E-state index >= 15 is 0 Å². The number of fused-ring (bicyclic) bond motifs is 1. The molecule has 0 bridgehead atoms. The lowest BCUT2D eigenvalue weighted by molar-refractivity contribution is 0.0706. The molecule has 26 heavy (non-hydrogen) atoms. The van der Waals surface area contributed by atoms with E-state index in [9.17, 15) is 4.79 Å². The Morgan fingerprint density at radius 1 is 1.12 bits per heavy atom. The second-order valence-corrected chi connectivity index (χ2v) is 6.20. The molecule has 1 aliphatic heterocycles. The first-order valence-corrected chi connectivity index (χ1v) is 8.51. The van der Waals surface area contributed by atoms with E-state index in [-0.39, 0.29) is 5.91 Å². The van der Waals surface area contributed by atoms with Crippen LogP contribution in [-0.4, -0.2) is 37.1 Å². The number of carbonyl (C=O) groups is 1. The summed E-state index contributed by atoms with van der Waals surface area (Å²) in [4.78, 5) is 18.7. The highest BCUT2D eigenvalue weighted by Gasteiger charge is 2.24. The Bertz CT molecular complexity index is 905. The van der Waals surface area contributed by atoms with Gasteiger partial charge in [-0.3, -0.25) is 4.79 Å². The number of aryl methyl sites for hydroxylation is 1. The number of carbonyl (C=O) groups excluding carboxylic acids is 1. The van der Waals surface area contributed by atoms with Gasteiger partial charge in [-0.15, -0.1) is 10.2 Å². The highest BCUT2D eigenvalue weighted by molar-refractivity contribution is 5.94. The Morgan fingerprint density at radius 2 is 1.96 bits per heavy atom. The van der Waals surface area contributed by atoms with Crippen LogP contribution < -0.4 is 4.74 Å². The van der Waals surface area contributed by atoms with Crippen molar-refractivity contribution in [3.8, 4) is 5.88 Å². The van der Waals surface area contributed by atoms with Crippen molar-refractivity contribution in [3.05, 3.63) is 71.4 Å². The molecule has 2 aromatic heterocycles. The van der Waals surface area contributed by atoms with Crippen molar-refractivity contribution in [2.75, 3.05) is 6.54 Å². The fourth-order valence-corrected chi connectivity index (χ4v) is 2.98. The zero-order valence-corrected chi connectivity index (χ0v) is 14.5. The molecule has 3 aromatic rings. The molecule has 0 fully saturated rings. The van der Waals surface area contributed by atoms with E-state index in [4.69, 9.17) is 4.74 Å². The van der Waals surface area contributed by atoms with Gasteiger partial charge in [0.25, 0.3) is 5.91 Å². The van der Waals surface area contributed by atoms with E-state index in [1.165, 1.54) is 0 Å². The third-order valence-corrected chi connectivity index (χ3v) is 4.44. The summed E-state index contributed by atoms with van der Waals surface area (Å²) in [5.74, 6) is 2.14. The summed E-state index contributed by atoms with van der Waals surface area (Å²) in [5, 5.41) is 8.20. The maximum atomic E-state index is 12.7. The summed E-state index contributed by atoms with van der Waals surface area (Å²) < 4.78 is 7.71. The van der Waals surface area contributed by atoms with Crippen LogP contribution in [0.25, 0.3) is 0 Å². The van der Waals surface area contributed by atoms with Gasteiger partial charge in [-0.25, -0.2) is 4.98 Å². The Labute approximate surface area is 151 Å². The minimum atomic E-state index is -0.0565. The molecule has 132 valence electrons. The predicted molar refractivity (Wildman–Crippen MR) is 94.5 cm³/mol. The molecule has 0 unspecified atom stereocenters. The second kappa shape index (κ2) is 6.95. The first kappa shape index (κ1) is 16.3. The fourth-order valence-electron chi connectivity index (χ4n) is 2.98. The van der Waals surface area contributed by atoms with Crippen LogP contribution in [0.1, 0.15) is 27.6 Å². The topological polar surface area (TPSA) is 73.1 Å². The van der Waals surface area contributed by atoms with Crippen molar-refractivity contribution in [1.82, 2.24) is 24.6 Å². The quantitative estimate of drug-likeness (QED) is 0.722. The number of hydrogen-bond donors (Lipinski definition) is 0. The molecule has 0 N–H and O–H groups in total. The molecule has 1 amide bonds. The number of nitrogens with zero attached hydrogens (tertiary/aromatic N) is 5. The molecule has 0 atom stereocenters. The van der Waals surface area contributed by atoms with Crippen LogP contribution in [-0.2, 0) is 19.7 Å². The van der Waals surface area contributed by atoms with Crippen molar-refractivity contribution < 1.29 is 9.53 Å². The Balaban J connectivity index is 1.39. The number of benzene rings is 1. The third-order valence-electron chi connectivity index (χ3n) is 4.44. The summed E-state index contributed by atoms with van der Waals surface area (Å²) in [7, 11) is 0. The summed E-state index contributed by atoms with van der Waals surface area (Å²) in [6, 6.07) is 13.4. The number of rotatable bonds is 4. The number of aromatic nitrogens is 4. The van der Waals surface area contributed by atoms with Crippen LogP contribution in [0.5, 0.6) is 5.88 Å². The van der Waals surface area contributed by atoms with E-state index in [2.05, 4.69) is 15.2 Å². The molecule has 0 aliphatic carbocycles. The van der Waals surface area contributed by atoms with Gasteiger partial charge in [0.05, 0.1) is 12.1 Å². The molecule has 0 saturated carbocycles. The molecular weight excluding hydrogens is 330 g/mol. The van der Waals surface area contributed by atoms with Crippen molar-refractivity contribution >= 4 is 5.91 Å². The largest absolute Gasteiger partial charge is 0.473 e. The Morgan fingerprint density at radius 3 is 2.73 bits per heavy atom. The van der Waals surface area contributed by atoms with E-state index in [1.54, 1.807) is 23.2 Å². The van der Waals surface area contributed by atoms with Gasteiger partial charge >= 0.3 is 0 Å². The van der Waals surface area contributed by atoms with E-state index < -0.39 is 0 Å². The van der Waals surface area contributed by atoms with Crippen molar-refractivity contribution in [3.63, 3.8) is 0 Å². The summed E-state index contributed by atoms with van der Waals surface area (Å²) in [5.41, 5.74) is 1.61. The van der Waals surface area contributed by atoms with Crippen LogP contribution >= 0.6 is 0 Å². The standard InChI is InChI=1S/C19H19N5O2/c1-14-21-22-17-12-23(9-10-24(14)17)19(25)16-7-8-18(20-11-16)26-13-15-5-3-2-4-6-15/h2-8,11H,9-10,12-13H2,1H3. The minimum absolute atomic E-state index is 0.0565. The van der Waals surface area contributed by atoms with Crippen molar-refractivity contribution in [2.24, 2.45) is 0 Å². The number of hydrogen-bond acceptors (Lipinski definition) is 5. The zero-order chi connectivity index (χ0) is 17.9. The van der Waals surface area contributed by atoms with Gasteiger partial charge in [-0.1, -0.05) is 30.3 Å². The SMILES string of the molecule is Cc1nnc2n1CCN(C(=O)c1ccc(OCc3ccccc3)nc1)C2. The van der Waals surface area contributed by atoms with E-state index in [0.717, 1.165) is 17.2 Å². The maximum Gasteiger partial charge on any atom is 0.255 e. The molecule has 7 heteroatoms. The molecule has 3 heterocycles. The zero-order valence-electron chi connectivity index (χ0n) is 14.5. The normalized spacial score (nSPS) is 13.3. The second-order valence-electron chi connectivity index (χ2n) is 6.20. The lowest BCUT2D eigenvalue weighted by Gasteiger charge is -2.27. The summed E-state index contributed by atoms with van der Waals surface area (Å²) >= 11 is 0. The fraction of sp³-hybridized carbons (Fsp3) is 0.263. The average Bonchev–Trinajstić information content (AvgIpc) is 3.07. The summed E-state index contributed by atoms with van der Waals surface area (Å²) in [6.45, 7) is 4.18. The third kappa shape index (κ3) is 3.28. The molecule has 0 saturated heterocycles. The highest BCUT2D eigenvalue weighted by atomic mass is 16.5. The minimum Gasteiger partial charge on any atom is -0.473 e. The first-order chi connectivity index (χ1) is 12.7. The van der Waals surface area contributed by atoms with Crippen molar-refractivity contribution in [2.45, 2.75) is 26.6 Å². The molecule has 0 spiro atoms. The monoisotopic (exact) mass is 349 g/mol. The Kier molecular flexibility index (Phi) is 4.35. The molecule has 1 aromatic carbocycles. The van der Waals surface area contributed by atoms with Gasteiger partial charge in [-0.2, -0.15) is 0 Å². The van der Waals surface area contributed by atoms with Gasteiger partial charge in [0, 0.05) is 25.4 Å². The van der Waals surface area contributed by atoms with E-state index in [0.29, 0.717) is 37.7 Å². The Hall–Kier alpha value is -3.22. The van der Waals surface area contributed by atoms with Gasteiger partial charge in [0.2, 0.25) is 5.88 Å². The predicted octanol–water partition coefficient (Wildman–Crippen LogP) is 2.22. The van der Waals surface area contributed by atoms with E-state index in [1.807, 2.05) is 41.8 Å². The molecule has 1 aliphatic rings. The number of ether oxygens (including phenoxy) is 1. The molecule has 4 rings (SSSR count).